The quantitative estimate of drug-likeness (QED) is 0.536. The van der Waals surface area contributed by atoms with E-state index in [1.807, 2.05) is 6.92 Å². The van der Waals surface area contributed by atoms with Crippen LogP contribution in [0, 0.1) is 0 Å². The van der Waals surface area contributed by atoms with Crippen LogP contribution in [0.15, 0.2) is 34.5 Å². The number of hydrogen-bond donors (Lipinski definition) is 0. The first-order valence-electron chi connectivity index (χ1n) is 9.06. The Kier molecular flexibility index (Phi) is 5.97. The molecule has 0 spiro atoms. The molecule has 0 bridgehead atoms. The Morgan fingerprint density at radius 2 is 1.97 bits per heavy atom. The van der Waals surface area contributed by atoms with Crippen LogP contribution in [0.2, 0.25) is 0 Å². The summed E-state index contributed by atoms with van der Waals surface area (Å²) in [4.78, 5) is 43.0. The summed E-state index contributed by atoms with van der Waals surface area (Å²) < 4.78 is 15.5. The van der Waals surface area contributed by atoms with Crippen LogP contribution in [0.5, 0.6) is 11.5 Å². The van der Waals surface area contributed by atoms with Gasteiger partial charge in [0.25, 0.3) is 0 Å². The van der Waals surface area contributed by atoms with Crippen molar-refractivity contribution in [1.82, 2.24) is 4.90 Å². The molecule has 1 aromatic rings. The summed E-state index contributed by atoms with van der Waals surface area (Å²) in [5.74, 6) is -0.586. The van der Waals surface area contributed by atoms with Crippen molar-refractivity contribution in [2.75, 3.05) is 14.2 Å². The number of amidine groups is 1. The van der Waals surface area contributed by atoms with Crippen LogP contribution in [0.4, 0.5) is 0 Å². The van der Waals surface area contributed by atoms with Crippen molar-refractivity contribution in [2.45, 2.75) is 38.5 Å². The molecule has 1 fully saturated rings. The van der Waals surface area contributed by atoms with Crippen LogP contribution in [0.3, 0.4) is 0 Å². The number of methoxy groups -OCH3 is 2. The molecule has 0 aliphatic carbocycles. The number of esters is 2. The highest BCUT2D eigenvalue weighted by molar-refractivity contribution is 8.15. The lowest BCUT2D eigenvalue weighted by Crippen LogP contribution is -2.40. The number of nitrogens with zero attached hydrogens (tertiary/aromatic N) is 2. The maximum Gasteiger partial charge on any atom is 0.338 e. The lowest BCUT2D eigenvalue weighted by atomic mass is 9.94. The zero-order chi connectivity index (χ0) is 21.3. The molecule has 3 rings (SSSR count). The second kappa shape index (κ2) is 8.28. The molecule has 2 aliphatic heterocycles. The maximum absolute atomic E-state index is 13.0. The predicted octanol–water partition coefficient (Wildman–Crippen LogP) is 2.83. The molecule has 0 unspecified atom stereocenters. The molecule has 8 nitrogen and oxygen atoms in total. The number of carbonyl (C=O) groups is 3. The number of aliphatic imine (C=N–C) groups is 1. The van der Waals surface area contributed by atoms with E-state index >= 15 is 0 Å². The van der Waals surface area contributed by atoms with E-state index in [-0.39, 0.29) is 22.5 Å². The molecule has 0 radical (unpaired) electrons. The van der Waals surface area contributed by atoms with E-state index in [2.05, 4.69) is 4.99 Å². The summed E-state index contributed by atoms with van der Waals surface area (Å²) in [7, 11) is 2.74. The van der Waals surface area contributed by atoms with E-state index in [4.69, 9.17) is 14.2 Å². The van der Waals surface area contributed by atoms with Gasteiger partial charge in [-0.05, 0) is 31.0 Å². The van der Waals surface area contributed by atoms with Crippen molar-refractivity contribution >= 4 is 34.8 Å². The number of rotatable bonds is 5. The molecule has 2 heterocycles. The van der Waals surface area contributed by atoms with Gasteiger partial charge < -0.3 is 14.2 Å². The highest BCUT2D eigenvalue weighted by Gasteiger charge is 2.47. The number of ether oxygens (including phenoxy) is 3. The third kappa shape index (κ3) is 3.74. The average Bonchev–Trinajstić information content (AvgIpc) is 3.01. The molecule has 0 aromatic heterocycles. The van der Waals surface area contributed by atoms with Crippen molar-refractivity contribution in [3.8, 4) is 11.5 Å². The minimum atomic E-state index is -0.716. The molecule has 1 aromatic carbocycles. The van der Waals surface area contributed by atoms with E-state index in [1.165, 1.54) is 32.9 Å². The van der Waals surface area contributed by atoms with Gasteiger partial charge in [-0.15, -0.1) is 0 Å². The third-order valence-electron chi connectivity index (χ3n) is 4.68. The van der Waals surface area contributed by atoms with E-state index in [0.29, 0.717) is 28.6 Å². The van der Waals surface area contributed by atoms with Crippen molar-refractivity contribution in [3.05, 3.63) is 35.0 Å². The SMILES string of the molecule is CC[C@@H]1SC2=NC(C)=C(C(=O)OC)[C@H](c3ccc(OC(C)=O)c(OC)c3)N2C1=O. The zero-order valence-corrected chi connectivity index (χ0v) is 17.7. The smallest absolute Gasteiger partial charge is 0.338 e. The van der Waals surface area contributed by atoms with Gasteiger partial charge in [-0.2, -0.15) is 0 Å². The number of fused-ring (bicyclic) bond motifs is 1. The summed E-state index contributed by atoms with van der Waals surface area (Å²) in [5.41, 5.74) is 1.40. The summed E-state index contributed by atoms with van der Waals surface area (Å²) >= 11 is 1.39. The van der Waals surface area contributed by atoms with Crippen molar-refractivity contribution in [1.29, 1.82) is 0 Å². The Balaban J connectivity index is 2.15. The molecule has 2 atom stereocenters. The second-order valence-corrected chi connectivity index (χ2v) is 7.68. The van der Waals surface area contributed by atoms with Gasteiger partial charge in [-0.3, -0.25) is 14.5 Å². The summed E-state index contributed by atoms with van der Waals surface area (Å²) in [5, 5.41) is 0.295. The first-order chi connectivity index (χ1) is 13.8. The zero-order valence-electron chi connectivity index (χ0n) is 16.8. The van der Waals surface area contributed by atoms with Gasteiger partial charge in [0.2, 0.25) is 5.91 Å². The molecular formula is C20H22N2O6S. The second-order valence-electron chi connectivity index (χ2n) is 6.51. The lowest BCUT2D eigenvalue weighted by Gasteiger charge is -2.33. The van der Waals surface area contributed by atoms with Crippen LogP contribution >= 0.6 is 11.8 Å². The minimum absolute atomic E-state index is 0.113. The van der Waals surface area contributed by atoms with Gasteiger partial charge >= 0.3 is 11.9 Å². The van der Waals surface area contributed by atoms with E-state index in [1.54, 1.807) is 30.0 Å². The van der Waals surface area contributed by atoms with E-state index < -0.39 is 18.0 Å². The minimum Gasteiger partial charge on any atom is -0.493 e. The molecule has 1 saturated heterocycles. The molecule has 1 amide bonds. The van der Waals surface area contributed by atoms with Gasteiger partial charge in [-0.1, -0.05) is 24.8 Å². The lowest BCUT2D eigenvalue weighted by molar-refractivity contribution is -0.137. The fourth-order valence-corrected chi connectivity index (χ4v) is 4.50. The fourth-order valence-electron chi connectivity index (χ4n) is 3.37. The van der Waals surface area contributed by atoms with Gasteiger partial charge in [0.15, 0.2) is 16.7 Å². The molecule has 9 heteroatoms. The van der Waals surface area contributed by atoms with Crippen molar-refractivity contribution in [3.63, 3.8) is 0 Å². The third-order valence-corrected chi connectivity index (χ3v) is 6.00. The fraction of sp³-hybridized carbons (Fsp3) is 0.400. The van der Waals surface area contributed by atoms with Crippen molar-refractivity contribution in [2.24, 2.45) is 4.99 Å². The van der Waals surface area contributed by atoms with Crippen molar-refractivity contribution < 1.29 is 28.6 Å². The maximum atomic E-state index is 13.0. The van der Waals surface area contributed by atoms with Crippen LogP contribution in [0.1, 0.15) is 38.8 Å². The summed E-state index contributed by atoms with van der Waals surface area (Å²) in [6, 6.07) is 4.21. The van der Waals surface area contributed by atoms with Crippen LogP contribution in [-0.2, 0) is 19.1 Å². The topological polar surface area (TPSA) is 94.5 Å². The Morgan fingerprint density at radius 1 is 1.24 bits per heavy atom. The van der Waals surface area contributed by atoms with Gasteiger partial charge in [0.1, 0.15) is 0 Å². The van der Waals surface area contributed by atoms with E-state index in [9.17, 15) is 14.4 Å². The Hall–Kier alpha value is -2.81. The molecule has 29 heavy (non-hydrogen) atoms. The summed E-state index contributed by atoms with van der Waals surface area (Å²) in [6.45, 7) is 4.95. The molecule has 154 valence electrons. The molecular weight excluding hydrogens is 396 g/mol. The number of amides is 1. The van der Waals surface area contributed by atoms with Gasteiger partial charge in [0.05, 0.1) is 36.8 Å². The number of allylic oxidation sites excluding steroid dienone is 1. The number of thioether (sulfide) groups is 1. The normalized spacial score (nSPS) is 20.9. The predicted molar refractivity (Wildman–Crippen MR) is 108 cm³/mol. The summed E-state index contributed by atoms with van der Waals surface area (Å²) in [6.07, 6.45) is 0.646. The molecule has 0 N–H and O–H groups in total. The van der Waals surface area contributed by atoms with Crippen LogP contribution in [0.25, 0.3) is 0 Å². The highest BCUT2D eigenvalue weighted by atomic mass is 32.2. The number of hydrogen-bond acceptors (Lipinski definition) is 8. The Bertz CT molecular complexity index is 939. The largest absolute Gasteiger partial charge is 0.493 e. The van der Waals surface area contributed by atoms with Gasteiger partial charge in [-0.25, -0.2) is 9.79 Å². The monoisotopic (exact) mass is 418 g/mol. The first kappa shape index (κ1) is 20.9. The Labute approximate surface area is 172 Å². The average molecular weight is 418 g/mol. The van der Waals surface area contributed by atoms with Crippen LogP contribution < -0.4 is 9.47 Å². The number of benzene rings is 1. The highest BCUT2D eigenvalue weighted by Crippen LogP contribution is 2.45. The molecule has 0 saturated carbocycles. The number of carbonyl (C=O) groups excluding carboxylic acids is 3. The first-order valence-corrected chi connectivity index (χ1v) is 9.94. The standard InChI is InChI=1S/C20H22N2O6S/c1-6-15-18(24)22-17(16(19(25)27-5)10(2)21-20(22)29-15)12-7-8-13(28-11(3)23)14(9-12)26-4/h7-9,15,17H,6H2,1-5H3/t15-,17-/m0/s1. The van der Waals surface area contributed by atoms with E-state index in [0.717, 1.165) is 0 Å². The molecule has 2 aliphatic rings. The van der Waals surface area contributed by atoms with Gasteiger partial charge in [0, 0.05) is 6.92 Å². The Morgan fingerprint density at radius 3 is 2.55 bits per heavy atom. The van der Waals surface area contributed by atoms with Crippen LogP contribution in [-0.4, -0.2) is 47.4 Å².